The van der Waals surface area contributed by atoms with Crippen LogP contribution in [0.3, 0.4) is 0 Å². The number of hydrogen-bond donors (Lipinski definition) is 0. The maximum Gasteiger partial charge on any atom is 0.416 e. The Hall–Kier alpha value is -1.23. The summed E-state index contributed by atoms with van der Waals surface area (Å²) in [6.45, 7) is 0. The number of aromatic nitrogens is 1. The van der Waals surface area contributed by atoms with E-state index in [2.05, 4.69) is 20.9 Å². The van der Waals surface area contributed by atoms with Crippen LogP contribution in [0.25, 0.3) is 0 Å². The van der Waals surface area contributed by atoms with Gasteiger partial charge in [0.05, 0.1) is 18.1 Å². The van der Waals surface area contributed by atoms with Crippen molar-refractivity contribution >= 4 is 15.9 Å². The number of hydrogen-bond acceptors (Lipinski definition) is 2. The van der Waals surface area contributed by atoms with E-state index in [0.717, 1.165) is 0 Å². The third-order valence-electron chi connectivity index (χ3n) is 1.89. The van der Waals surface area contributed by atoms with Gasteiger partial charge in [0, 0.05) is 5.56 Å². The van der Waals surface area contributed by atoms with E-state index in [1.54, 1.807) is 0 Å². The molecule has 1 heterocycles. The van der Waals surface area contributed by atoms with E-state index >= 15 is 0 Å². The van der Waals surface area contributed by atoms with Crippen molar-refractivity contribution in [3.8, 4) is 6.07 Å². The minimum Gasteiger partial charge on any atom is -0.240 e. The highest BCUT2D eigenvalue weighted by molar-refractivity contribution is 9.10. The normalized spacial score (nSPS) is 11.6. The van der Waals surface area contributed by atoms with E-state index in [4.69, 9.17) is 5.26 Å². The highest BCUT2D eigenvalue weighted by atomic mass is 79.9. The summed E-state index contributed by atoms with van der Waals surface area (Å²) in [6.07, 6.45) is -8.74. The van der Waals surface area contributed by atoms with E-state index in [0.29, 0.717) is 6.07 Å². The van der Waals surface area contributed by atoms with E-state index < -0.39 is 35.8 Å². The second-order valence-electron chi connectivity index (χ2n) is 2.99. The Morgan fingerprint density at radius 2 is 2.00 bits per heavy atom. The molecule has 0 spiro atoms. The zero-order chi connectivity index (χ0) is 13.2. The maximum atomic E-state index is 12.6. The van der Waals surface area contributed by atoms with Crippen molar-refractivity contribution in [3.05, 3.63) is 27.5 Å². The fraction of sp³-hybridized carbons (Fsp3) is 0.333. The van der Waals surface area contributed by atoms with Crippen LogP contribution in [0.4, 0.5) is 22.0 Å². The van der Waals surface area contributed by atoms with Gasteiger partial charge in [-0.05, 0) is 22.0 Å². The monoisotopic (exact) mass is 314 g/mol. The fourth-order valence-electron chi connectivity index (χ4n) is 1.26. The fourth-order valence-corrected chi connectivity index (χ4v) is 1.68. The molecule has 92 valence electrons. The topological polar surface area (TPSA) is 36.7 Å². The first-order valence-electron chi connectivity index (χ1n) is 4.19. The maximum absolute atomic E-state index is 12.6. The van der Waals surface area contributed by atoms with Gasteiger partial charge < -0.3 is 0 Å². The van der Waals surface area contributed by atoms with Crippen LogP contribution in [0.15, 0.2) is 10.7 Å². The minimum absolute atomic E-state index is 0.346. The van der Waals surface area contributed by atoms with Gasteiger partial charge in [0.2, 0.25) is 0 Å². The second kappa shape index (κ2) is 4.96. The second-order valence-corrected chi connectivity index (χ2v) is 3.80. The molecule has 0 saturated heterocycles. The zero-order valence-electron chi connectivity index (χ0n) is 8.02. The standard InChI is InChI=1S/C9H4BrF5N2/c10-6-3-5(9(13,14)15)4(1-2-16)7(17-6)8(11)12/h3,8H,1H2. The molecule has 17 heavy (non-hydrogen) atoms. The van der Waals surface area contributed by atoms with Gasteiger partial charge in [-0.3, -0.25) is 0 Å². The van der Waals surface area contributed by atoms with Gasteiger partial charge in [0.25, 0.3) is 6.43 Å². The van der Waals surface area contributed by atoms with Crippen LogP contribution < -0.4 is 0 Å². The SMILES string of the molecule is N#CCc1c(C(F)(F)F)cc(Br)nc1C(F)F. The third-order valence-corrected chi connectivity index (χ3v) is 2.30. The molecule has 0 fully saturated rings. The van der Waals surface area contributed by atoms with E-state index in [9.17, 15) is 22.0 Å². The molecule has 0 radical (unpaired) electrons. The summed E-state index contributed by atoms with van der Waals surface area (Å²) in [4.78, 5) is 3.28. The molecular weight excluding hydrogens is 311 g/mol. The van der Waals surface area contributed by atoms with Crippen LogP contribution in [0.1, 0.15) is 23.2 Å². The predicted octanol–water partition coefficient (Wildman–Crippen LogP) is 3.87. The lowest BCUT2D eigenvalue weighted by atomic mass is 10.0. The molecule has 0 saturated carbocycles. The average molecular weight is 315 g/mol. The Kier molecular flexibility index (Phi) is 4.03. The van der Waals surface area contributed by atoms with Crippen LogP contribution in [0.2, 0.25) is 0 Å². The van der Waals surface area contributed by atoms with Gasteiger partial charge in [-0.2, -0.15) is 18.4 Å². The largest absolute Gasteiger partial charge is 0.416 e. The van der Waals surface area contributed by atoms with Crippen molar-refractivity contribution < 1.29 is 22.0 Å². The van der Waals surface area contributed by atoms with Gasteiger partial charge in [-0.15, -0.1) is 0 Å². The van der Waals surface area contributed by atoms with Crippen molar-refractivity contribution in [2.75, 3.05) is 0 Å². The molecule has 8 heteroatoms. The van der Waals surface area contributed by atoms with Crippen LogP contribution in [0, 0.1) is 11.3 Å². The summed E-state index contributed by atoms with van der Waals surface area (Å²) in [7, 11) is 0. The highest BCUT2D eigenvalue weighted by Crippen LogP contribution is 2.37. The van der Waals surface area contributed by atoms with E-state index in [-0.39, 0.29) is 4.60 Å². The summed E-state index contributed by atoms with van der Waals surface area (Å²) in [5, 5.41) is 8.38. The molecule has 0 aliphatic rings. The van der Waals surface area contributed by atoms with Crippen LogP contribution in [0.5, 0.6) is 0 Å². The van der Waals surface area contributed by atoms with Crippen LogP contribution in [-0.2, 0) is 12.6 Å². The van der Waals surface area contributed by atoms with Gasteiger partial charge in [-0.1, -0.05) is 0 Å². The third kappa shape index (κ3) is 3.12. The van der Waals surface area contributed by atoms with Gasteiger partial charge in [0.15, 0.2) is 0 Å². The lowest BCUT2D eigenvalue weighted by molar-refractivity contribution is -0.138. The Labute approximate surface area is 101 Å². The lowest BCUT2D eigenvalue weighted by Gasteiger charge is -2.14. The number of alkyl halides is 5. The van der Waals surface area contributed by atoms with Crippen molar-refractivity contribution in [3.63, 3.8) is 0 Å². The zero-order valence-corrected chi connectivity index (χ0v) is 9.61. The Morgan fingerprint density at radius 1 is 1.41 bits per heavy atom. The molecular formula is C9H4BrF5N2. The molecule has 1 rings (SSSR count). The highest BCUT2D eigenvalue weighted by Gasteiger charge is 2.36. The van der Waals surface area contributed by atoms with Gasteiger partial charge in [0.1, 0.15) is 10.3 Å². The molecule has 2 nitrogen and oxygen atoms in total. The van der Waals surface area contributed by atoms with Crippen molar-refractivity contribution in [1.29, 1.82) is 5.26 Å². The van der Waals surface area contributed by atoms with Gasteiger partial charge >= 0.3 is 6.18 Å². The molecule has 0 aliphatic carbocycles. The van der Waals surface area contributed by atoms with Gasteiger partial charge in [-0.25, -0.2) is 13.8 Å². The first kappa shape index (κ1) is 13.8. The van der Waals surface area contributed by atoms with E-state index in [1.807, 2.05) is 0 Å². The van der Waals surface area contributed by atoms with E-state index in [1.165, 1.54) is 6.07 Å². The predicted molar refractivity (Wildman–Crippen MR) is 51.2 cm³/mol. The summed E-state index contributed by atoms with van der Waals surface area (Å²) in [5.41, 5.74) is -3.07. The summed E-state index contributed by atoms with van der Waals surface area (Å²) < 4.78 is 62.5. The molecule has 1 aromatic rings. The molecule has 0 aromatic carbocycles. The number of nitrogens with zero attached hydrogens (tertiary/aromatic N) is 2. The number of halogens is 6. The minimum atomic E-state index is -4.80. The smallest absolute Gasteiger partial charge is 0.240 e. The Morgan fingerprint density at radius 3 is 2.41 bits per heavy atom. The summed E-state index contributed by atoms with van der Waals surface area (Å²) in [5.74, 6) is 0. The first-order valence-corrected chi connectivity index (χ1v) is 4.98. The molecule has 0 N–H and O–H groups in total. The first-order chi connectivity index (χ1) is 7.77. The van der Waals surface area contributed by atoms with Crippen LogP contribution in [-0.4, -0.2) is 4.98 Å². The molecule has 0 unspecified atom stereocenters. The van der Waals surface area contributed by atoms with Crippen molar-refractivity contribution in [2.24, 2.45) is 0 Å². The van der Waals surface area contributed by atoms with Crippen molar-refractivity contribution in [1.82, 2.24) is 4.98 Å². The molecule has 0 aliphatic heterocycles. The molecule has 1 aromatic heterocycles. The number of nitriles is 1. The number of pyridine rings is 1. The van der Waals surface area contributed by atoms with Crippen molar-refractivity contribution in [2.45, 2.75) is 19.0 Å². The number of rotatable bonds is 2. The Balaban J connectivity index is 3.53. The quantitative estimate of drug-likeness (QED) is 0.614. The summed E-state index contributed by atoms with van der Waals surface area (Å²) in [6, 6.07) is 2.00. The molecule has 0 atom stereocenters. The average Bonchev–Trinajstić information content (AvgIpc) is 2.18. The lowest BCUT2D eigenvalue weighted by Crippen LogP contribution is -2.13. The molecule has 0 amide bonds. The van der Waals surface area contributed by atoms with Crippen LogP contribution >= 0.6 is 15.9 Å². The Bertz CT molecular complexity index is 464. The summed E-state index contributed by atoms with van der Waals surface area (Å²) >= 11 is 2.63. The molecule has 0 bridgehead atoms.